The maximum atomic E-state index is 11.7. The fourth-order valence-electron chi connectivity index (χ4n) is 8.67. The van der Waals surface area contributed by atoms with Crippen molar-refractivity contribution in [2.45, 2.75) is 32.4 Å². The van der Waals surface area contributed by atoms with Crippen molar-refractivity contribution in [2.75, 3.05) is 6.54 Å². The minimum atomic E-state index is -0.472. The minimum Gasteiger partial charge on any atom is -0.295 e. The van der Waals surface area contributed by atoms with E-state index in [4.69, 9.17) is 5.21 Å². The molecule has 130 valence electrons. The van der Waals surface area contributed by atoms with E-state index in [9.17, 15) is 4.79 Å². The number of aromatic nitrogens is 1. The molecule has 2 heterocycles. The summed E-state index contributed by atoms with van der Waals surface area (Å²) in [5.41, 5.74) is 5.18. The van der Waals surface area contributed by atoms with Crippen LogP contribution >= 0.6 is 0 Å². The first-order chi connectivity index (χ1) is 12.2. The lowest BCUT2D eigenvalue weighted by molar-refractivity contribution is -0.615. The van der Waals surface area contributed by atoms with Crippen LogP contribution in [0.4, 0.5) is 0 Å². The smallest absolute Gasteiger partial charge is 0.276 e. The Bertz CT molecular complexity index is 785. The predicted octanol–water partition coefficient (Wildman–Crippen LogP) is 1.71. The molecule has 7 aliphatic rings. The number of hydrogen-bond acceptors (Lipinski definition) is 4. The number of hydroxylamine groups is 1. The molecule has 2 N–H and O–H groups in total. The average Bonchev–Trinajstić information content (AvgIpc) is 2.66. The van der Waals surface area contributed by atoms with Gasteiger partial charge in [-0.05, 0) is 64.9 Å². The molecule has 0 radical (unpaired) electrons. The van der Waals surface area contributed by atoms with E-state index >= 15 is 0 Å². The number of carbonyl (C=O) groups excluding carboxylic acids is 1. The van der Waals surface area contributed by atoms with Crippen LogP contribution in [-0.4, -0.2) is 33.6 Å². The van der Waals surface area contributed by atoms with Crippen LogP contribution in [0.2, 0.25) is 0 Å². The van der Waals surface area contributed by atoms with Gasteiger partial charge in [0.05, 0.1) is 5.56 Å². The third-order valence-corrected chi connectivity index (χ3v) is 9.37. The van der Waals surface area contributed by atoms with Gasteiger partial charge in [0.25, 0.3) is 5.91 Å². The summed E-state index contributed by atoms with van der Waals surface area (Å²) in [6, 6.07) is 2.50. The van der Waals surface area contributed by atoms with E-state index in [0.717, 1.165) is 60.6 Å². The van der Waals surface area contributed by atoms with Crippen LogP contribution in [0.1, 0.15) is 35.0 Å². The van der Waals surface area contributed by atoms with Crippen molar-refractivity contribution in [3.63, 3.8) is 0 Å². The van der Waals surface area contributed by atoms with Crippen LogP contribution in [-0.2, 0) is 13.0 Å². The highest BCUT2D eigenvalue weighted by atomic mass is 16.5. The van der Waals surface area contributed by atoms with Gasteiger partial charge in [-0.1, -0.05) is 6.92 Å². The summed E-state index contributed by atoms with van der Waals surface area (Å²) in [5, 5.41) is 8.88. The first kappa shape index (κ1) is 13.7. The number of nitrogens with zero attached hydrogens (tertiary/aromatic N) is 2. The Balaban J connectivity index is 1.18. The highest BCUT2D eigenvalue weighted by Gasteiger charge is 3.03. The lowest BCUT2D eigenvalue weighted by Crippen LogP contribution is -3.06. The Morgan fingerprint density at radius 3 is 2.68 bits per heavy atom. The van der Waals surface area contributed by atoms with Crippen LogP contribution in [0.25, 0.3) is 0 Å². The van der Waals surface area contributed by atoms with Crippen molar-refractivity contribution in [2.24, 2.45) is 46.8 Å². The molecule has 1 aliphatic heterocycles. The lowest BCUT2D eigenvalue weighted by Gasteiger charge is -3.08. The van der Waals surface area contributed by atoms with Crippen LogP contribution in [0, 0.1) is 46.8 Å². The second kappa shape index (κ2) is 3.94. The average molecular weight is 337 g/mol. The van der Waals surface area contributed by atoms with E-state index in [2.05, 4.69) is 16.8 Å². The molecule has 5 heteroatoms. The van der Waals surface area contributed by atoms with Gasteiger partial charge in [-0.25, -0.2) is 5.48 Å². The molecule has 8 rings (SSSR count). The van der Waals surface area contributed by atoms with Gasteiger partial charge in [0.15, 0.2) is 0 Å². The van der Waals surface area contributed by atoms with Crippen molar-refractivity contribution in [3.8, 4) is 0 Å². The van der Waals surface area contributed by atoms with Gasteiger partial charge < -0.3 is 0 Å². The molecule has 1 amide bonds. The number of nitrogens with one attached hydrogen (secondary N) is 1. The molecule has 0 bridgehead atoms. The molecule has 1 atom stereocenters. The van der Waals surface area contributed by atoms with Crippen molar-refractivity contribution < 1.29 is 10.0 Å². The zero-order valence-electron chi connectivity index (χ0n) is 14.4. The number of hydrogen-bond donors (Lipinski definition) is 2. The van der Waals surface area contributed by atoms with E-state index in [1.165, 1.54) is 18.0 Å². The molecule has 5 nitrogen and oxygen atoms in total. The fraction of sp³-hybridized carbons (Fsp3) is 0.700. The van der Waals surface area contributed by atoms with Crippen molar-refractivity contribution in [1.29, 1.82) is 0 Å². The first-order valence-corrected chi connectivity index (χ1v) is 9.87. The zero-order valence-corrected chi connectivity index (χ0v) is 14.4. The molecule has 6 saturated carbocycles. The molecule has 1 aromatic rings. The molecule has 6 fully saturated rings. The summed E-state index contributed by atoms with van der Waals surface area (Å²) >= 11 is 0. The van der Waals surface area contributed by atoms with Crippen LogP contribution in [0.5, 0.6) is 0 Å². The summed E-state index contributed by atoms with van der Waals surface area (Å²) in [5.74, 6) is 7.37. The maximum Gasteiger partial charge on any atom is 0.276 e. The monoisotopic (exact) mass is 337 g/mol. The number of fused-ring (bicyclic) bond motifs is 1. The highest BCUT2D eigenvalue weighted by Crippen LogP contribution is 3.05. The third kappa shape index (κ3) is 1.16. The minimum absolute atomic E-state index is 0.451. The van der Waals surface area contributed by atoms with E-state index in [-0.39, 0.29) is 0 Å². The summed E-state index contributed by atoms with van der Waals surface area (Å²) in [6.45, 7) is 4.47. The largest absolute Gasteiger partial charge is 0.295 e. The molecular formula is C20H23N3O2. The van der Waals surface area contributed by atoms with E-state index in [1.807, 2.05) is 6.07 Å². The molecule has 25 heavy (non-hydrogen) atoms. The number of amides is 1. The normalized spacial score (nSPS) is 51.8. The zero-order chi connectivity index (χ0) is 16.7. The predicted molar refractivity (Wildman–Crippen MR) is 88.5 cm³/mol. The SMILES string of the molecule is CC[C@H]1Cc2ncc(C(=O)NO)cc2CN1CC12C3C4C5C3C1C5C42. The van der Waals surface area contributed by atoms with Gasteiger partial charge in [0, 0.05) is 37.4 Å². The van der Waals surface area contributed by atoms with Gasteiger partial charge in [-0.3, -0.25) is 19.9 Å². The van der Waals surface area contributed by atoms with Crippen molar-refractivity contribution in [1.82, 2.24) is 15.4 Å². The Morgan fingerprint density at radius 2 is 2.04 bits per heavy atom. The Morgan fingerprint density at radius 1 is 1.32 bits per heavy atom. The molecule has 0 spiro atoms. The molecule has 0 unspecified atom stereocenters. The quantitative estimate of drug-likeness (QED) is 0.648. The molecule has 0 aromatic carbocycles. The lowest BCUT2D eigenvalue weighted by atomic mass is 8.96. The number of carbonyl (C=O) groups is 1. The van der Waals surface area contributed by atoms with Gasteiger partial charge >= 0.3 is 0 Å². The maximum absolute atomic E-state index is 11.7. The van der Waals surface area contributed by atoms with Crippen LogP contribution in [0.3, 0.4) is 0 Å². The van der Waals surface area contributed by atoms with Gasteiger partial charge in [0.2, 0.25) is 0 Å². The van der Waals surface area contributed by atoms with Gasteiger partial charge in [0.1, 0.15) is 0 Å². The Hall–Kier alpha value is -1.46. The fourth-order valence-corrected chi connectivity index (χ4v) is 8.67. The van der Waals surface area contributed by atoms with Crippen LogP contribution in [0.15, 0.2) is 12.3 Å². The highest BCUT2D eigenvalue weighted by molar-refractivity contribution is 5.93. The second-order valence-corrected chi connectivity index (χ2v) is 9.44. The summed E-state index contributed by atoms with van der Waals surface area (Å²) < 4.78 is 0. The second-order valence-electron chi connectivity index (χ2n) is 9.44. The standard InChI is InChI=1S/C20H23N3O2/c1-2-10-4-11-9(3-8(5-21-11)19(24)22-25)6-23(10)7-20-16-13-12-14(16)18(20)15(12)17(13)20/h3,5,10,12-18,25H,2,4,6-7H2,1H3,(H,22,24)/t10-,12?,13?,14?,15?,16?,17?,18?,20?/m0/s1. The van der Waals surface area contributed by atoms with Crippen LogP contribution < -0.4 is 5.48 Å². The third-order valence-electron chi connectivity index (χ3n) is 9.37. The topological polar surface area (TPSA) is 65.5 Å². The molecule has 6 aliphatic carbocycles. The van der Waals surface area contributed by atoms with Gasteiger partial charge in [-0.2, -0.15) is 0 Å². The molecular weight excluding hydrogens is 314 g/mol. The van der Waals surface area contributed by atoms with Crippen molar-refractivity contribution >= 4 is 5.91 Å². The Labute approximate surface area is 146 Å². The molecule has 1 aromatic heterocycles. The van der Waals surface area contributed by atoms with Crippen molar-refractivity contribution in [3.05, 3.63) is 29.1 Å². The summed E-state index contributed by atoms with van der Waals surface area (Å²) in [6.07, 6.45) is 3.74. The van der Waals surface area contributed by atoms with E-state index in [1.54, 1.807) is 11.7 Å². The number of rotatable bonds is 4. The number of pyridine rings is 1. The van der Waals surface area contributed by atoms with E-state index < -0.39 is 5.91 Å². The van der Waals surface area contributed by atoms with Gasteiger partial charge in [-0.15, -0.1) is 0 Å². The summed E-state index contributed by atoms with van der Waals surface area (Å²) in [4.78, 5) is 18.9. The molecule has 0 saturated heterocycles. The Kier molecular flexibility index (Phi) is 2.16. The first-order valence-electron chi connectivity index (χ1n) is 9.87. The summed E-state index contributed by atoms with van der Waals surface area (Å²) in [7, 11) is 0. The van der Waals surface area contributed by atoms with E-state index in [0.29, 0.717) is 17.0 Å².